The highest BCUT2D eigenvalue weighted by Crippen LogP contribution is 2.21. The Bertz CT molecular complexity index is 898. The van der Waals surface area contributed by atoms with Gasteiger partial charge in [-0.25, -0.2) is 8.78 Å². The molecule has 2 aromatic rings. The van der Waals surface area contributed by atoms with Crippen molar-refractivity contribution in [3.05, 3.63) is 65.2 Å². The Hall–Kier alpha value is -3.00. The predicted octanol–water partition coefficient (Wildman–Crippen LogP) is 2.15. The first kappa shape index (κ1) is 21.7. The molecule has 0 spiro atoms. The topological polar surface area (TPSA) is 64.7 Å². The third-order valence-corrected chi connectivity index (χ3v) is 5.12. The molecule has 6 nitrogen and oxygen atoms in total. The average molecular weight is 416 g/mol. The molecule has 1 aliphatic heterocycles. The zero-order valence-corrected chi connectivity index (χ0v) is 17.0. The maximum absolute atomic E-state index is 13.6. The van der Waals surface area contributed by atoms with E-state index in [1.165, 1.54) is 0 Å². The summed E-state index contributed by atoms with van der Waals surface area (Å²) in [6, 6.07) is 10.7. The minimum Gasteiger partial charge on any atom is -0.369 e. The van der Waals surface area contributed by atoms with Gasteiger partial charge >= 0.3 is 0 Å². The number of nitrogens with zero attached hydrogens (tertiary/aromatic N) is 2. The number of amides is 2. The summed E-state index contributed by atoms with van der Waals surface area (Å²) in [4.78, 5) is 28.7. The van der Waals surface area contributed by atoms with E-state index in [1.807, 2.05) is 18.2 Å². The zero-order chi connectivity index (χ0) is 21.5. The van der Waals surface area contributed by atoms with Gasteiger partial charge in [0.2, 0.25) is 5.91 Å². The van der Waals surface area contributed by atoms with Gasteiger partial charge < -0.3 is 20.4 Å². The van der Waals surface area contributed by atoms with E-state index in [0.717, 1.165) is 49.6 Å². The van der Waals surface area contributed by atoms with Gasteiger partial charge in [0.05, 0.1) is 5.56 Å². The SMILES string of the molecule is CN1CCN(c2ccccc2CNC(=O)CCNC(=O)c2ccc(F)cc2F)CC1. The van der Waals surface area contributed by atoms with Crippen LogP contribution in [0.2, 0.25) is 0 Å². The molecule has 0 radical (unpaired) electrons. The summed E-state index contributed by atoms with van der Waals surface area (Å²) < 4.78 is 26.5. The molecular formula is C22H26F2N4O2. The van der Waals surface area contributed by atoms with E-state index in [9.17, 15) is 18.4 Å². The van der Waals surface area contributed by atoms with Crippen LogP contribution in [0.25, 0.3) is 0 Å². The van der Waals surface area contributed by atoms with Gasteiger partial charge in [-0.3, -0.25) is 9.59 Å². The lowest BCUT2D eigenvalue weighted by molar-refractivity contribution is -0.121. The van der Waals surface area contributed by atoms with Crippen molar-refractivity contribution in [2.24, 2.45) is 0 Å². The molecule has 1 heterocycles. The minimum atomic E-state index is -0.933. The van der Waals surface area contributed by atoms with E-state index in [0.29, 0.717) is 12.6 Å². The van der Waals surface area contributed by atoms with Crippen molar-refractivity contribution in [3.8, 4) is 0 Å². The fourth-order valence-electron chi connectivity index (χ4n) is 3.36. The van der Waals surface area contributed by atoms with Gasteiger partial charge in [0.15, 0.2) is 0 Å². The van der Waals surface area contributed by atoms with Gasteiger partial charge in [-0.2, -0.15) is 0 Å². The second-order valence-electron chi connectivity index (χ2n) is 7.33. The summed E-state index contributed by atoms with van der Waals surface area (Å²) in [6.07, 6.45) is 0.0607. The zero-order valence-electron chi connectivity index (χ0n) is 17.0. The Balaban J connectivity index is 1.46. The van der Waals surface area contributed by atoms with Crippen molar-refractivity contribution in [1.82, 2.24) is 15.5 Å². The van der Waals surface area contributed by atoms with Gasteiger partial charge in [0.25, 0.3) is 5.91 Å². The van der Waals surface area contributed by atoms with Crippen molar-refractivity contribution in [2.75, 3.05) is 44.7 Å². The van der Waals surface area contributed by atoms with Crippen LogP contribution >= 0.6 is 0 Å². The summed E-state index contributed by atoms with van der Waals surface area (Å²) in [5, 5.41) is 5.35. The lowest BCUT2D eigenvalue weighted by Crippen LogP contribution is -2.45. The van der Waals surface area contributed by atoms with Gasteiger partial charge in [0.1, 0.15) is 11.6 Å². The third-order valence-electron chi connectivity index (χ3n) is 5.12. The Morgan fingerprint density at radius 1 is 1.00 bits per heavy atom. The predicted molar refractivity (Wildman–Crippen MR) is 111 cm³/mol. The van der Waals surface area contributed by atoms with E-state index < -0.39 is 17.5 Å². The molecule has 0 bridgehead atoms. The first-order valence-electron chi connectivity index (χ1n) is 9.95. The highest BCUT2D eigenvalue weighted by molar-refractivity contribution is 5.94. The van der Waals surface area contributed by atoms with Crippen LogP contribution in [0.4, 0.5) is 14.5 Å². The van der Waals surface area contributed by atoms with E-state index in [2.05, 4.69) is 33.5 Å². The number of carbonyl (C=O) groups excluding carboxylic acids is 2. The average Bonchev–Trinajstić information content (AvgIpc) is 2.73. The number of anilines is 1. The third kappa shape index (κ3) is 5.76. The first-order chi connectivity index (χ1) is 14.4. The van der Waals surface area contributed by atoms with E-state index >= 15 is 0 Å². The largest absolute Gasteiger partial charge is 0.369 e. The molecule has 3 rings (SSSR count). The van der Waals surface area contributed by atoms with Crippen LogP contribution in [0, 0.1) is 11.6 Å². The van der Waals surface area contributed by atoms with Gasteiger partial charge in [-0.15, -0.1) is 0 Å². The summed E-state index contributed by atoms with van der Waals surface area (Å²) >= 11 is 0. The van der Waals surface area contributed by atoms with Crippen molar-refractivity contribution >= 4 is 17.5 Å². The lowest BCUT2D eigenvalue weighted by Gasteiger charge is -2.35. The van der Waals surface area contributed by atoms with E-state index in [-0.39, 0.29) is 24.4 Å². The van der Waals surface area contributed by atoms with Crippen LogP contribution in [0.15, 0.2) is 42.5 Å². The summed E-state index contributed by atoms with van der Waals surface area (Å²) in [5.74, 6) is -2.58. The molecule has 0 unspecified atom stereocenters. The number of para-hydroxylation sites is 1. The van der Waals surface area contributed by atoms with Crippen molar-refractivity contribution < 1.29 is 18.4 Å². The molecule has 8 heteroatoms. The van der Waals surface area contributed by atoms with Crippen LogP contribution in [0.1, 0.15) is 22.3 Å². The van der Waals surface area contributed by atoms with Crippen LogP contribution in [-0.2, 0) is 11.3 Å². The summed E-state index contributed by atoms with van der Waals surface area (Å²) in [6.45, 7) is 4.31. The van der Waals surface area contributed by atoms with E-state index in [1.54, 1.807) is 0 Å². The molecule has 1 saturated heterocycles. The fraction of sp³-hybridized carbons (Fsp3) is 0.364. The van der Waals surface area contributed by atoms with Crippen LogP contribution in [0.5, 0.6) is 0 Å². The van der Waals surface area contributed by atoms with Gasteiger partial charge in [-0.1, -0.05) is 18.2 Å². The second kappa shape index (κ2) is 10.2. The van der Waals surface area contributed by atoms with Crippen molar-refractivity contribution in [3.63, 3.8) is 0 Å². The lowest BCUT2D eigenvalue weighted by atomic mass is 10.1. The van der Waals surface area contributed by atoms with Crippen LogP contribution in [0.3, 0.4) is 0 Å². The number of hydrogen-bond acceptors (Lipinski definition) is 4. The molecular weight excluding hydrogens is 390 g/mol. The smallest absolute Gasteiger partial charge is 0.254 e. The fourth-order valence-corrected chi connectivity index (χ4v) is 3.36. The quantitative estimate of drug-likeness (QED) is 0.726. The molecule has 1 aliphatic rings. The number of halogens is 2. The number of likely N-dealkylation sites (N-methyl/N-ethyl adjacent to an activating group) is 1. The number of hydrogen-bond donors (Lipinski definition) is 2. The molecule has 0 aromatic heterocycles. The second-order valence-corrected chi connectivity index (χ2v) is 7.33. The molecule has 0 aliphatic carbocycles. The molecule has 0 saturated carbocycles. The molecule has 2 aromatic carbocycles. The summed E-state index contributed by atoms with van der Waals surface area (Å²) in [5.41, 5.74) is 1.90. The van der Waals surface area contributed by atoms with Crippen LogP contribution < -0.4 is 15.5 Å². The molecule has 2 N–H and O–H groups in total. The minimum absolute atomic E-state index is 0.0571. The Morgan fingerprint density at radius 2 is 1.73 bits per heavy atom. The number of carbonyl (C=O) groups is 2. The maximum Gasteiger partial charge on any atom is 0.254 e. The molecule has 0 atom stereocenters. The van der Waals surface area contributed by atoms with Crippen LogP contribution in [-0.4, -0.2) is 56.5 Å². The van der Waals surface area contributed by atoms with Gasteiger partial charge in [0, 0.05) is 57.4 Å². The number of nitrogens with one attached hydrogen (secondary N) is 2. The van der Waals surface area contributed by atoms with Crippen molar-refractivity contribution in [2.45, 2.75) is 13.0 Å². The highest BCUT2D eigenvalue weighted by atomic mass is 19.1. The highest BCUT2D eigenvalue weighted by Gasteiger charge is 2.17. The monoisotopic (exact) mass is 416 g/mol. The standard InChI is InChI=1S/C22H26F2N4O2/c1-27-10-12-28(13-11-27)20-5-3-2-4-16(20)15-26-21(29)8-9-25-22(30)18-7-6-17(23)14-19(18)24/h2-7,14H,8-13,15H2,1H3,(H,25,30)(H,26,29). The molecule has 30 heavy (non-hydrogen) atoms. The number of rotatable bonds is 7. The number of benzene rings is 2. The normalized spacial score (nSPS) is 14.4. The maximum atomic E-state index is 13.6. The molecule has 160 valence electrons. The Labute approximate surface area is 174 Å². The molecule has 1 fully saturated rings. The van der Waals surface area contributed by atoms with E-state index in [4.69, 9.17) is 0 Å². The molecule has 2 amide bonds. The first-order valence-corrected chi connectivity index (χ1v) is 9.95. The Morgan fingerprint density at radius 3 is 2.47 bits per heavy atom. The summed E-state index contributed by atoms with van der Waals surface area (Å²) in [7, 11) is 2.10. The van der Waals surface area contributed by atoms with Crippen molar-refractivity contribution in [1.29, 1.82) is 0 Å². The van der Waals surface area contributed by atoms with Gasteiger partial charge in [-0.05, 0) is 30.8 Å². The Kier molecular flexibility index (Phi) is 7.35. The number of piperazine rings is 1.